The van der Waals surface area contributed by atoms with Crippen LogP contribution in [0.15, 0.2) is 61.3 Å². The van der Waals surface area contributed by atoms with Gasteiger partial charge in [0.05, 0.1) is 18.4 Å². The molecular weight excluding hydrogens is 304 g/mol. The second-order valence-electron chi connectivity index (χ2n) is 5.25. The Labute approximate surface area is 139 Å². The van der Waals surface area contributed by atoms with E-state index in [-0.39, 0.29) is 18.5 Å². The molecule has 0 saturated heterocycles. The molecule has 7 heteroatoms. The van der Waals surface area contributed by atoms with E-state index < -0.39 is 0 Å². The Morgan fingerprint density at radius 1 is 1.21 bits per heavy atom. The van der Waals surface area contributed by atoms with Gasteiger partial charge in [-0.05, 0) is 24.6 Å². The van der Waals surface area contributed by atoms with Crippen molar-refractivity contribution in [1.82, 2.24) is 25.1 Å². The maximum Gasteiger partial charge on any atom is 0.239 e. The summed E-state index contributed by atoms with van der Waals surface area (Å²) in [4.78, 5) is 19.9. The molecule has 122 valence electrons. The Morgan fingerprint density at radius 2 is 2.08 bits per heavy atom. The van der Waals surface area contributed by atoms with E-state index in [1.807, 2.05) is 48.1 Å². The molecule has 0 aliphatic rings. The van der Waals surface area contributed by atoms with Gasteiger partial charge < -0.3 is 10.6 Å². The Bertz CT molecular complexity index is 788. The van der Waals surface area contributed by atoms with Gasteiger partial charge >= 0.3 is 0 Å². The van der Waals surface area contributed by atoms with E-state index in [4.69, 9.17) is 0 Å². The van der Waals surface area contributed by atoms with E-state index in [1.165, 1.54) is 12.4 Å². The van der Waals surface area contributed by atoms with E-state index in [0.717, 1.165) is 11.3 Å². The number of benzene rings is 1. The molecule has 0 aliphatic heterocycles. The van der Waals surface area contributed by atoms with Crippen molar-refractivity contribution in [3.63, 3.8) is 0 Å². The summed E-state index contributed by atoms with van der Waals surface area (Å²) in [5.74, 6) is 0.271. The number of rotatable bonds is 6. The van der Waals surface area contributed by atoms with Crippen molar-refractivity contribution in [2.75, 3.05) is 11.9 Å². The quantitative estimate of drug-likeness (QED) is 0.724. The smallest absolute Gasteiger partial charge is 0.239 e. The number of carbonyl (C=O) groups excluding carboxylic acids is 1. The molecule has 3 rings (SSSR count). The summed E-state index contributed by atoms with van der Waals surface area (Å²) in [5.41, 5.74) is 2.05. The molecule has 1 aromatic carbocycles. The van der Waals surface area contributed by atoms with E-state index in [2.05, 4.69) is 25.7 Å². The molecule has 0 bridgehead atoms. The van der Waals surface area contributed by atoms with Crippen molar-refractivity contribution >= 4 is 11.7 Å². The topological polar surface area (TPSA) is 84.7 Å². The molecule has 0 saturated carbocycles. The van der Waals surface area contributed by atoms with Crippen LogP contribution in [0.5, 0.6) is 0 Å². The van der Waals surface area contributed by atoms with Gasteiger partial charge in [0.15, 0.2) is 5.82 Å². The van der Waals surface area contributed by atoms with Crippen LogP contribution in [-0.2, 0) is 4.79 Å². The van der Waals surface area contributed by atoms with Crippen molar-refractivity contribution in [2.24, 2.45) is 0 Å². The number of nitrogens with zero attached hydrogens (tertiary/aromatic N) is 4. The average molecular weight is 322 g/mol. The van der Waals surface area contributed by atoms with Crippen molar-refractivity contribution in [3.8, 4) is 5.69 Å². The van der Waals surface area contributed by atoms with Gasteiger partial charge in [-0.3, -0.25) is 9.78 Å². The summed E-state index contributed by atoms with van der Waals surface area (Å²) in [5, 5.41) is 10.2. The number of hydrogen-bond donors (Lipinski definition) is 2. The molecule has 0 aliphatic carbocycles. The van der Waals surface area contributed by atoms with Crippen LogP contribution in [0.1, 0.15) is 18.5 Å². The zero-order valence-electron chi connectivity index (χ0n) is 13.3. The number of carbonyl (C=O) groups is 1. The normalized spacial score (nSPS) is 11.9. The molecule has 2 heterocycles. The molecule has 2 N–H and O–H groups in total. The SMILES string of the molecule is C[C@@H](NCC(=O)Nc1cnccn1)c1ccccc1-n1cccn1. The van der Waals surface area contributed by atoms with Crippen LogP contribution >= 0.6 is 0 Å². The van der Waals surface area contributed by atoms with Gasteiger partial charge in [-0.1, -0.05) is 18.2 Å². The molecule has 0 spiro atoms. The minimum atomic E-state index is -0.168. The summed E-state index contributed by atoms with van der Waals surface area (Å²) < 4.78 is 1.81. The number of amides is 1. The first kappa shape index (κ1) is 15.8. The van der Waals surface area contributed by atoms with Gasteiger partial charge in [0.2, 0.25) is 5.91 Å². The highest BCUT2D eigenvalue weighted by Gasteiger charge is 2.13. The fourth-order valence-corrected chi connectivity index (χ4v) is 2.38. The van der Waals surface area contributed by atoms with Gasteiger partial charge in [0.1, 0.15) is 0 Å². The van der Waals surface area contributed by atoms with Gasteiger partial charge in [0, 0.05) is 30.8 Å². The summed E-state index contributed by atoms with van der Waals surface area (Å²) in [6.45, 7) is 2.18. The second-order valence-corrected chi connectivity index (χ2v) is 5.25. The molecule has 24 heavy (non-hydrogen) atoms. The standard InChI is InChI=1S/C17H18N6O/c1-13(20-12-17(24)22-16-11-18-8-9-19-16)14-5-2-3-6-15(14)23-10-4-7-21-23/h2-11,13,20H,12H2,1H3,(H,19,22,24)/t13-/m1/s1. The maximum atomic E-state index is 12.0. The third-order valence-corrected chi connectivity index (χ3v) is 3.55. The predicted molar refractivity (Wildman–Crippen MR) is 90.6 cm³/mol. The molecule has 1 amide bonds. The van der Waals surface area contributed by atoms with Gasteiger partial charge in [-0.25, -0.2) is 9.67 Å². The van der Waals surface area contributed by atoms with Crippen LogP contribution < -0.4 is 10.6 Å². The highest BCUT2D eigenvalue weighted by molar-refractivity contribution is 5.91. The van der Waals surface area contributed by atoms with Crippen molar-refractivity contribution in [1.29, 1.82) is 0 Å². The average Bonchev–Trinajstić information content (AvgIpc) is 3.15. The predicted octanol–water partition coefficient (Wildman–Crippen LogP) is 1.95. The van der Waals surface area contributed by atoms with Crippen LogP contribution in [0.3, 0.4) is 0 Å². The summed E-state index contributed by atoms with van der Waals surface area (Å²) >= 11 is 0. The zero-order chi connectivity index (χ0) is 16.8. The molecule has 2 aromatic heterocycles. The third kappa shape index (κ3) is 3.82. The minimum Gasteiger partial charge on any atom is -0.308 e. The Hall–Kier alpha value is -3.06. The first-order chi connectivity index (χ1) is 11.7. The molecule has 7 nitrogen and oxygen atoms in total. The van der Waals surface area contributed by atoms with Crippen LogP contribution in [0, 0.1) is 0 Å². The fourth-order valence-electron chi connectivity index (χ4n) is 2.38. The summed E-state index contributed by atoms with van der Waals surface area (Å²) in [7, 11) is 0. The lowest BCUT2D eigenvalue weighted by atomic mass is 10.1. The van der Waals surface area contributed by atoms with Crippen molar-refractivity contribution < 1.29 is 4.79 Å². The van der Waals surface area contributed by atoms with Gasteiger partial charge in [0.25, 0.3) is 0 Å². The largest absolute Gasteiger partial charge is 0.308 e. The first-order valence-corrected chi connectivity index (χ1v) is 7.62. The van der Waals surface area contributed by atoms with E-state index in [1.54, 1.807) is 12.4 Å². The summed E-state index contributed by atoms with van der Waals surface area (Å²) in [6.07, 6.45) is 8.23. The van der Waals surface area contributed by atoms with Gasteiger partial charge in [-0.15, -0.1) is 0 Å². The van der Waals surface area contributed by atoms with Crippen LogP contribution in [0.25, 0.3) is 5.69 Å². The lowest BCUT2D eigenvalue weighted by molar-refractivity contribution is -0.115. The van der Waals surface area contributed by atoms with E-state index in [0.29, 0.717) is 5.82 Å². The molecule has 1 atom stereocenters. The van der Waals surface area contributed by atoms with E-state index >= 15 is 0 Å². The fraction of sp³-hybridized carbons (Fsp3) is 0.176. The first-order valence-electron chi connectivity index (χ1n) is 7.62. The molecule has 0 unspecified atom stereocenters. The van der Waals surface area contributed by atoms with Crippen molar-refractivity contribution in [3.05, 3.63) is 66.9 Å². The Kier molecular flexibility index (Phi) is 4.93. The maximum absolute atomic E-state index is 12.0. The molecule has 0 radical (unpaired) electrons. The molecule has 3 aromatic rings. The zero-order valence-corrected chi connectivity index (χ0v) is 13.3. The van der Waals surface area contributed by atoms with E-state index in [9.17, 15) is 4.79 Å². The number of anilines is 1. The second kappa shape index (κ2) is 7.47. The lowest BCUT2D eigenvalue weighted by Crippen LogP contribution is -2.30. The summed E-state index contributed by atoms with van der Waals surface area (Å²) in [6, 6.07) is 9.82. The monoisotopic (exact) mass is 322 g/mol. The number of hydrogen-bond acceptors (Lipinski definition) is 5. The van der Waals surface area contributed by atoms with Crippen LogP contribution in [0.2, 0.25) is 0 Å². The van der Waals surface area contributed by atoms with Crippen molar-refractivity contribution in [2.45, 2.75) is 13.0 Å². The third-order valence-electron chi connectivity index (χ3n) is 3.55. The number of nitrogens with one attached hydrogen (secondary N) is 2. The number of para-hydroxylation sites is 1. The highest BCUT2D eigenvalue weighted by atomic mass is 16.2. The lowest BCUT2D eigenvalue weighted by Gasteiger charge is -2.17. The Balaban J connectivity index is 1.63. The molecular formula is C17H18N6O. The van der Waals surface area contributed by atoms with Crippen LogP contribution in [-0.4, -0.2) is 32.2 Å². The Morgan fingerprint density at radius 3 is 2.83 bits per heavy atom. The van der Waals surface area contributed by atoms with Crippen LogP contribution in [0.4, 0.5) is 5.82 Å². The highest BCUT2D eigenvalue weighted by Crippen LogP contribution is 2.20. The molecule has 0 fully saturated rings. The van der Waals surface area contributed by atoms with Gasteiger partial charge in [-0.2, -0.15) is 5.10 Å². The number of aromatic nitrogens is 4. The minimum absolute atomic E-state index is 0.0157.